The molecule has 48 heavy (non-hydrogen) atoms. The van der Waals surface area contributed by atoms with Crippen molar-refractivity contribution in [3.63, 3.8) is 0 Å². The van der Waals surface area contributed by atoms with E-state index in [1.165, 1.54) is 0 Å². The number of primary amides is 1. The van der Waals surface area contributed by atoms with Crippen molar-refractivity contribution in [1.29, 1.82) is 0 Å². The van der Waals surface area contributed by atoms with Crippen LogP contribution in [0.1, 0.15) is 77.8 Å². The standard InChI is InChI=1S/C35H48N4O9/c1-6-23(2)30(39-34(45)48-35(3,4)5)33(44)38-27(18-20-29(41)47-22-25-15-11-8-12-16-25)32(43)37-26(31(36)42)17-19-28(40)46-21-24-13-9-7-10-14-24/h7-16,23,26-27,30H,6,17-22H2,1-5H3,(H2,36,42)(H,37,43)(H,38,44)(H,39,45)/t23-,26+,27-,30-/m0/s1. The Bertz CT molecular complexity index is 1360. The van der Waals surface area contributed by atoms with Gasteiger partial charge in [-0.1, -0.05) is 80.9 Å². The van der Waals surface area contributed by atoms with Crippen molar-refractivity contribution in [3.8, 4) is 0 Å². The molecule has 2 rings (SSSR count). The molecule has 2 aromatic carbocycles. The third-order valence-corrected chi connectivity index (χ3v) is 7.22. The summed E-state index contributed by atoms with van der Waals surface area (Å²) in [7, 11) is 0. The Morgan fingerprint density at radius 3 is 1.60 bits per heavy atom. The summed E-state index contributed by atoms with van der Waals surface area (Å²) in [4.78, 5) is 76.8. The molecule has 4 atom stereocenters. The molecule has 13 heteroatoms. The Morgan fingerprint density at radius 2 is 1.17 bits per heavy atom. The van der Waals surface area contributed by atoms with Gasteiger partial charge < -0.3 is 35.9 Å². The van der Waals surface area contributed by atoms with Crippen molar-refractivity contribution in [2.45, 2.75) is 104 Å². The van der Waals surface area contributed by atoms with Gasteiger partial charge in [-0.15, -0.1) is 0 Å². The zero-order valence-electron chi connectivity index (χ0n) is 28.3. The van der Waals surface area contributed by atoms with Gasteiger partial charge in [0.1, 0.15) is 36.9 Å². The summed E-state index contributed by atoms with van der Waals surface area (Å²) < 4.78 is 15.9. The minimum absolute atomic E-state index is 0.0168. The lowest BCUT2D eigenvalue weighted by Crippen LogP contribution is -2.58. The van der Waals surface area contributed by atoms with Crippen molar-refractivity contribution in [1.82, 2.24) is 16.0 Å². The van der Waals surface area contributed by atoms with Gasteiger partial charge in [0.25, 0.3) is 0 Å². The summed E-state index contributed by atoms with van der Waals surface area (Å²) in [5.41, 5.74) is 6.27. The van der Waals surface area contributed by atoms with Crippen LogP contribution in [0.5, 0.6) is 0 Å². The van der Waals surface area contributed by atoms with Gasteiger partial charge in [0, 0.05) is 12.8 Å². The fourth-order valence-corrected chi connectivity index (χ4v) is 4.37. The molecular weight excluding hydrogens is 620 g/mol. The van der Waals surface area contributed by atoms with Crippen molar-refractivity contribution in [2.24, 2.45) is 11.7 Å². The SMILES string of the molecule is CC[C@H](C)[C@H](NC(=O)OC(C)(C)C)C(=O)N[C@@H](CCC(=O)OCc1ccccc1)C(=O)N[C@H](CCC(=O)OCc1ccccc1)C(N)=O. The van der Waals surface area contributed by atoms with E-state index in [0.29, 0.717) is 6.42 Å². The van der Waals surface area contributed by atoms with Crippen molar-refractivity contribution < 1.29 is 43.0 Å². The van der Waals surface area contributed by atoms with Crippen LogP contribution in [0, 0.1) is 5.92 Å². The van der Waals surface area contributed by atoms with Crippen LogP contribution < -0.4 is 21.7 Å². The van der Waals surface area contributed by atoms with Crippen molar-refractivity contribution in [3.05, 3.63) is 71.8 Å². The highest BCUT2D eigenvalue weighted by molar-refractivity contribution is 5.94. The third kappa shape index (κ3) is 15.1. The molecule has 262 valence electrons. The molecule has 2 aromatic rings. The Morgan fingerprint density at radius 1 is 0.708 bits per heavy atom. The van der Waals surface area contributed by atoms with E-state index < -0.39 is 59.5 Å². The van der Waals surface area contributed by atoms with Gasteiger partial charge in [-0.25, -0.2) is 4.79 Å². The molecule has 0 heterocycles. The smallest absolute Gasteiger partial charge is 0.408 e. The van der Waals surface area contributed by atoms with Crippen LogP contribution in [-0.4, -0.2) is 59.5 Å². The average Bonchev–Trinajstić information content (AvgIpc) is 3.04. The highest BCUT2D eigenvalue weighted by Crippen LogP contribution is 2.13. The minimum Gasteiger partial charge on any atom is -0.461 e. The van der Waals surface area contributed by atoms with Crippen LogP contribution >= 0.6 is 0 Å². The van der Waals surface area contributed by atoms with Crippen molar-refractivity contribution in [2.75, 3.05) is 0 Å². The van der Waals surface area contributed by atoms with Gasteiger partial charge in [-0.2, -0.15) is 0 Å². The van der Waals surface area contributed by atoms with E-state index in [1.54, 1.807) is 76.2 Å². The van der Waals surface area contributed by atoms with Crippen LogP contribution in [-0.2, 0) is 51.4 Å². The largest absolute Gasteiger partial charge is 0.461 e. The fraction of sp³-hybridized carbons (Fsp3) is 0.486. The number of carbonyl (C=O) groups is 6. The maximum atomic E-state index is 13.5. The molecule has 0 saturated heterocycles. The second kappa shape index (κ2) is 19.7. The number of nitrogens with two attached hydrogens (primary N) is 1. The van der Waals surface area contributed by atoms with E-state index >= 15 is 0 Å². The molecule has 0 bridgehead atoms. The van der Waals surface area contributed by atoms with Crippen LogP contribution in [0.25, 0.3) is 0 Å². The highest BCUT2D eigenvalue weighted by atomic mass is 16.6. The van der Waals surface area contributed by atoms with E-state index in [9.17, 15) is 28.8 Å². The molecular formula is C35H48N4O9. The van der Waals surface area contributed by atoms with Crippen LogP contribution in [0.4, 0.5) is 4.79 Å². The lowest BCUT2D eigenvalue weighted by atomic mass is 9.97. The predicted molar refractivity (Wildman–Crippen MR) is 177 cm³/mol. The number of carbonyl (C=O) groups excluding carboxylic acids is 6. The first-order chi connectivity index (χ1) is 22.7. The third-order valence-electron chi connectivity index (χ3n) is 7.22. The molecule has 4 amide bonds. The van der Waals surface area contributed by atoms with Gasteiger partial charge >= 0.3 is 18.0 Å². The molecule has 0 saturated carbocycles. The zero-order valence-corrected chi connectivity index (χ0v) is 28.3. The molecule has 0 aliphatic carbocycles. The van der Waals surface area contributed by atoms with Crippen LogP contribution in [0.3, 0.4) is 0 Å². The monoisotopic (exact) mass is 668 g/mol. The van der Waals surface area contributed by atoms with E-state index in [0.717, 1.165) is 11.1 Å². The predicted octanol–water partition coefficient (Wildman–Crippen LogP) is 3.43. The van der Waals surface area contributed by atoms with Gasteiger partial charge in [-0.05, 0) is 50.7 Å². The molecule has 0 fully saturated rings. The van der Waals surface area contributed by atoms with Crippen LogP contribution in [0.15, 0.2) is 60.7 Å². The van der Waals surface area contributed by atoms with Crippen molar-refractivity contribution >= 4 is 35.8 Å². The number of hydrogen-bond donors (Lipinski definition) is 4. The molecule has 0 aromatic heterocycles. The van der Waals surface area contributed by atoms with Gasteiger partial charge in [0.05, 0.1) is 0 Å². The average molecular weight is 669 g/mol. The Hall–Kier alpha value is -4.94. The van der Waals surface area contributed by atoms with E-state index in [2.05, 4.69) is 16.0 Å². The Labute approximate surface area is 281 Å². The van der Waals surface area contributed by atoms with E-state index in [1.807, 2.05) is 19.1 Å². The molecule has 5 N–H and O–H groups in total. The minimum atomic E-state index is -1.33. The first-order valence-electron chi connectivity index (χ1n) is 16.0. The highest BCUT2D eigenvalue weighted by Gasteiger charge is 2.33. The van der Waals surface area contributed by atoms with Gasteiger partial charge in [0.15, 0.2) is 0 Å². The first-order valence-corrected chi connectivity index (χ1v) is 16.0. The first kappa shape index (κ1) is 39.2. The number of rotatable bonds is 18. The number of ether oxygens (including phenoxy) is 3. The molecule has 0 spiro atoms. The lowest BCUT2D eigenvalue weighted by molar-refractivity contribution is -0.146. The topological polar surface area (TPSA) is 192 Å². The number of alkyl carbamates (subject to hydrolysis) is 1. The molecule has 0 aliphatic rings. The normalized spacial score (nSPS) is 13.5. The van der Waals surface area contributed by atoms with E-state index in [-0.39, 0.29) is 44.8 Å². The molecule has 13 nitrogen and oxygen atoms in total. The maximum absolute atomic E-state index is 13.5. The van der Waals surface area contributed by atoms with Gasteiger partial charge in [-0.3, -0.25) is 24.0 Å². The van der Waals surface area contributed by atoms with E-state index in [4.69, 9.17) is 19.9 Å². The fourth-order valence-electron chi connectivity index (χ4n) is 4.37. The number of hydrogen-bond acceptors (Lipinski definition) is 9. The Kier molecular flexibility index (Phi) is 16.1. The number of benzene rings is 2. The second-order valence-electron chi connectivity index (χ2n) is 12.4. The lowest BCUT2D eigenvalue weighted by Gasteiger charge is -2.28. The summed E-state index contributed by atoms with van der Waals surface area (Å²) in [5.74, 6) is -4.01. The zero-order chi connectivity index (χ0) is 35.7. The summed E-state index contributed by atoms with van der Waals surface area (Å²) in [6, 6.07) is 14.3. The molecule has 0 aliphatic heterocycles. The Balaban J connectivity index is 2.14. The summed E-state index contributed by atoms with van der Waals surface area (Å²) >= 11 is 0. The number of nitrogens with one attached hydrogen (secondary N) is 3. The second-order valence-corrected chi connectivity index (χ2v) is 12.4. The summed E-state index contributed by atoms with van der Waals surface area (Å²) in [6.07, 6.45) is -1.16. The maximum Gasteiger partial charge on any atom is 0.408 e. The summed E-state index contributed by atoms with van der Waals surface area (Å²) in [6.45, 7) is 8.68. The number of amides is 4. The summed E-state index contributed by atoms with van der Waals surface area (Å²) in [5, 5.41) is 7.66. The molecule has 0 unspecified atom stereocenters. The quantitative estimate of drug-likeness (QED) is 0.136. The molecule has 0 radical (unpaired) electrons. The van der Waals surface area contributed by atoms with Gasteiger partial charge in [0.2, 0.25) is 17.7 Å². The van der Waals surface area contributed by atoms with Crippen LogP contribution in [0.2, 0.25) is 0 Å². The number of esters is 2.